The van der Waals surface area contributed by atoms with E-state index in [9.17, 15) is 4.21 Å². The van der Waals surface area contributed by atoms with Crippen LogP contribution in [0.4, 0.5) is 0 Å². The van der Waals surface area contributed by atoms with E-state index < -0.39 is 24.4 Å². The molecule has 0 saturated carbocycles. The maximum atomic E-state index is 12.3. The van der Waals surface area contributed by atoms with E-state index in [4.69, 9.17) is 8.70 Å². The van der Waals surface area contributed by atoms with Crippen LogP contribution in [0, 0.1) is 0 Å². The van der Waals surface area contributed by atoms with Crippen molar-refractivity contribution in [2.45, 2.75) is 26.2 Å². The Bertz CT molecular complexity index is 496. The molecule has 0 rings (SSSR count). The zero-order chi connectivity index (χ0) is 15.2. The first-order valence-corrected chi connectivity index (χ1v) is 13.5. The highest BCUT2D eigenvalue weighted by molar-refractivity contribution is 7.93. The third-order valence-electron chi connectivity index (χ3n) is 2.33. The van der Waals surface area contributed by atoms with Gasteiger partial charge in [-0.2, -0.15) is 4.13 Å². The van der Waals surface area contributed by atoms with Gasteiger partial charge in [0.25, 0.3) is 0 Å². The van der Waals surface area contributed by atoms with E-state index >= 15 is 0 Å². The van der Waals surface area contributed by atoms with Crippen LogP contribution in [-0.4, -0.2) is 50.8 Å². The highest BCUT2D eigenvalue weighted by Gasteiger charge is 2.12. The zero-order valence-corrected chi connectivity index (χ0v) is 15.9. The van der Waals surface area contributed by atoms with Crippen LogP contribution in [0.5, 0.6) is 0 Å². The Morgan fingerprint density at radius 1 is 1.11 bits per heavy atom. The van der Waals surface area contributed by atoms with E-state index in [-0.39, 0.29) is 0 Å². The summed E-state index contributed by atoms with van der Waals surface area (Å²) >= 11 is 0. The zero-order valence-electron chi connectivity index (χ0n) is 13.3. The minimum atomic E-state index is -2.59. The summed E-state index contributed by atoms with van der Waals surface area (Å²) in [4.78, 5) is 0. The van der Waals surface area contributed by atoms with E-state index in [0.717, 1.165) is 19.3 Å². The molecule has 116 valence electrons. The van der Waals surface area contributed by atoms with Gasteiger partial charge in [-0.05, 0) is 33.1 Å². The predicted molar refractivity (Wildman–Crippen MR) is 90.3 cm³/mol. The van der Waals surface area contributed by atoms with Crippen LogP contribution in [0.15, 0.2) is 13.4 Å². The number of hydrogen-bond acceptors (Lipinski definition) is 3. The molecule has 0 aromatic heterocycles. The Morgan fingerprint density at radius 3 is 2.16 bits per heavy atom. The van der Waals surface area contributed by atoms with Crippen molar-refractivity contribution in [2.75, 3.05) is 46.6 Å². The molecule has 0 aliphatic heterocycles. The molecule has 0 aliphatic carbocycles. The van der Waals surface area contributed by atoms with Gasteiger partial charge in [0.1, 0.15) is 0 Å². The molecule has 5 nitrogen and oxygen atoms in total. The van der Waals surface area contributed by atoms with Crippen molar-refractivity contribution >= 4 is 24.4 Å². The topological polar surface area (TPSA) is 63.4 Å². The third kappa shape index (κ3) is 9.84. The molecule has 8 heteroatoms. The van der Waals surface area contributed by atoms with E-state index in [1.807, 2.05) is 26.7 Å². The average Bonchev–Trinajstić information content (AvgIpc) is 2.21. The van der Waals surface area contributed by atoms with E-state index in [1.165, 1.54) is 0 Å². The molecule has 0 fully saturated rings. The number of nitrogens with zero attached hydrogens (tertiary/aromatic N) is 3. The first-order chi connectivity index (χ1) is 8.54. The fraction of sp³-hybridized carbons (Fsp3) is 1.00. The van der Waals surface area contributed by atoms with Crippen molar-refractivity contribution in [2.24, 2.45) is 13.4 Å². The van der Waals surface area contributed by atoms with E-state index in [0.29, 0.717) is 6.61 Å². The summed E-state index contributed by atoms with van der Waals surface area (Å²) in [5.74, 6) is 0. The lowest BCUT2D eigenvalue weighted by molar-refractivity contribution is 0.331. The van der Waals surface area contributed by atoms with Crippen LogP contribution < -0.4 is 0 Å². The molecule has 0 heterocycles. The lowest BCUT2D eigenvalue weighted by atomic mass is 10.3. The second-order valence-corrected chi connectivity index (χ2v) is 14.1. The number of rotatable bonds is 7. The number of hydrogen-bond donors (Lipinski definition) is 0. The molecule has 1 unspecified atom stereocenters. The van der Waals surface area contributed by atoms with Crippen molar-refractivity contribution < 1.29 is 8.39 Å². The molecule has 1 atom stereocenters. The summed E-state index contributed by atoms with van der Waals surface area (Å²) in [6, 6.07) is 0. The van der Waals surface area contributed by atoms with Gasteiger partial charge in [-0.3, -0.25) is 8.93 Å². The fourth-order valence-electron chi connectivity index (χ4n) is 1.54. The highest BCUT2D eigenvalue weighted by atomic mass is 32.2. The Kier molecular flexibility index (Phi) is 8.13. The van der Waals surface area contributed by atoms with Crippen LogP contribution in [0.25, 0.3) is 0 Å². The van der Waals surface area contributed by atoms with Gasteiger partial charge >= 0.3 is 0 Å². The standard InChI is InChI=1S/C11H29N3O2P2S/c1-8-9-10-11-16-19(7,15)14-18(5,6)13-17(3,4)12-2/h8-11H2,1-7H3. The average molecular weight is 329 g/mol. The normalized spacial score (nSPS) is 15.7. The second kappa shape index (κ2) is 7.97. The van der Waals surface area contributed by atoms with Crippen LogP contribution in [0.2, 0.25) is 0 Å². The van der Waals surface area contributed by atoms with E-state index in [1.54, 1.807) is 13.3 Å². The molecular formula is C11H29N3O2P2S. The van der Waals surface area contributed by atoms with Crippen molar-refractivity contribution in [1.82, 2.24) is 0 Å². The second-order valence-electron chi connectivity index (χ2n) is 5.31. The van der Waals surface area contributed by atoms with Crippen molar-refractivity contribution in [3.05, 3.63) is 0 Å². The Hall–Kier alpha value is 0.370. The van der Waals surface area contributed by atoms with Crippen LogP contribution >= 0.6 is 14.4 Å². The fourth-order valence-corrected chi connectivity index (χ4v) is 10.1. The summed E-state index contributed by atoms with van der Waals surface area (Å²) in [5.41, 5.74) is 0. The maximum absolute atomic E-state index is 12.3. The van der Waals surface area contributed by atoms with Gasteiger partial charge in [-0.1, -0.05) is 19.8 Å². The maximum Gasteiger partial charge on any atom is 0.165 e. The molecule has 0 aromatic carbocycles. The van der Waals surface area contributed by atoms with Gasteiger partial charge in [0.2, 0.25) is 0 Å². The largest absolute Gasteiger partial charge is 0.285 e. The van der Waals surface area contributed by atoms with Crippen LogP contribution in [0.3, 0.4) is 0 Å². The van der Waals surface area contributed by atoms with E-state index in [2.05, 4.69) is 15.8 Å². The molecule has 0 amide bonds. The molecule has 0 N–H and O–H groups in total. The van der Waals surface area contributed by atoms with Gasteiger partial charge in [0.15, 0.2) is 10.0 Å². The van der Waals surface area contributed by atoms with Gasteiger partial charge in [-0.25, -0.2) is 8.72 Å². The summed E-state index contributed by atoms with van der Waals surface area (Å²) in [5, 5.41) is 0. The number of unbranched alkanes of at least 4 members (excludes halogenated alkanes) is 2. The minimum Gasteiger partial charge on any atom is -0.285 e. The molecule has 0 spiro atoms. The highest BCUT2D eigenvalue weighted by Crippen LogP contribution is 2.57. The first-order valence-electron chi connectivity index (χ1n) is 6.46. The van der Waals surface area contributed by atoms with Gasteiger partial charge in [0, 0.05) is 13.3 Å². The van der Waals surface area contributed by atoms with Crippen LogP contribution in [-0.2, 0) is 14.2 Å². The van der Waals surface area contributed by atoms with Gasteiger partial charge in [0.05, 0.1) is 21.0 Å². The predicted octanol–water partition coefficient (Wildman–Crippen LogP) is 4.59. The summed E-state index contributed by atoms with van der Waals surface area (Å²) in [6.45, 7) is 10.6. The van der Waals surface area contributed by atoms with Crippen LogP contribution in [0.1, 0.15) is 26.2 Å². The molecular weight excluding hydrogens is 300 g/mol. The lowest BCUT2D eigenvalue weighted by Crippen LogP contribution is -2.04. The molecule has 0 aliphatic rings. The van der Waals surface area contributed by atoms with Crippen molar-refractivity contribution in [1.29, 1.82) is 0 Å². The Labute approximate surface area is 119 Å². The molecule has 19 heavy (non-hydrogen) atoms. The molecule has 0 aromatic rings. The smallest absolute Gasteiger partial charge is 0.165 e. The van der Waals surface area contributed by atoms with Crippen molar-refractivity contribution in [3.63, 3.8) is 0 Å². The molecule has 0 bridgehead atoms. The lowest BCUT2D eigenvalue weighted by Gasteiger charge is -2.16. The Balaban J connectivity index is 5.04. The third-order valence-corrected chi connectivity index (χ3v) is 10.2. The summed E-state index contributed by atoms with van der Waals surface area (Å²) in [7, 11) is -4.41. The molecule has 0 saturated heterocycles. The quantitative estimate of drug-likeness (QED) is 0.506. The summed E-state index contributed by atoms with van der Waals surface area (Å²) in [6.07, 6.45) is 4.70. The SMILES string of the molecule is CCCCCOS(C)(=O)=NP(C)(C)=NP(C)(C)=NC. The van der Waals surface area contributed by atoms with Gasteiger partial charge < -0.3 is 0 Å². The van der Waals surface area contributed by atoms with Crippen molar-refractivity contribution in [3.8, 4) is 0 Å². The summed E-state index contributed by atoms with van der Waals surface area (Å²) < 4.78 is 31.1. The Morgan fingerprint density at radius 2 is 1.68 bits per heavy atom. The monoisotopic (exact) mass is 329 g/mol. The minimum absolute atomic E-state index is 0.503. The van der Waals surface area contributed by atoms with Gasteiger partial charge in [-0.15, -0.1) is 0 Å². The first kappa shape index (κ1) is 19.4. The molecule has 0 radical (unpaired) electrons.